The maximum atomic E-state index is 12.9. The average Bonchev–Trinajstić information content (AvgIpc) is 3.11. The summed E-state index contributed by atoms with van der Waals surface area (Å²) in [5.74, 6) is -1.72. The van der Waals surface area contributed by atoms with E-state index in [9.17, 15) is 14.7 Å². The maximum absolute atomic E-state index is 12.9. The largest absolute Gasteiger partial charge is 0.487 e. The first kappa shape index (κ1) is 22.1. The van der Waals surface area contributed by atoms with Crippen LogP contribution >= 0.6 is 0 Å². The number of oxazole rings is 1. The van der Waals surface area contributed by atoms with E-state index in [4.69, 9.17) is 25.7 Å². The number of nitrogens with two attached hydrogens (primary N) is 1. The van der Waals surface area contributed by atoms with Crippen molar-refractivity contribution in [3.63, 3.8) is 0 Å². The lowest BCUT2D eigenvalue weighted by Gasteiger charge is -2.33. The molecule has 0 bridgehead atoms. The van der Waals surface area contributed by atoms with Crippen LogP contribution in [0.15, 0.2) is 51.7 Å². The number of piperidine rings is 1. The summed E-state index contributed by atoms with van der Waals surface area (Å²) in [6, 6.07) is 10.0. The fraction of sp³-hybridized carbons (Fsp3) is 0.304. The van der Waals surface area contributed by atoms with Crippen LogP contribution in [0.1, 0.15) is 36.9 Å². The van der Waals surface area contributed by atoms with Gasteiger partial charge in [-0.2, -0.15) is 0 Å². The highest BCUT2D eigenvalue weighted by atomic mass is 16.5. The number of aliphatic carboxylic acids is 1. The highest BCUT2D eigenvalue weighted by molar-refractivity contribution is 6.02. The number of nitrogens with zero attached hydrogens (tertiary/aromatic N) is 2. The molecule has 4 rings (SSSR count). The van der Waals surface area contributed by atoms with Crippen molar-refractivity contribution in [2.24, 2.45) is 5.73 Å². The van der Waals surface area contributed by atoms with Crippen molar-refractivity contribution in [1.82, 2.24) is 9.47 Å². The smallest absolute Gasteiger partial charge is 0.421 e. The fourth-order valence-corrected chi connectivity index (χ4v) is 4.18. The molecule has 2 heterocycles. The number of nitrogens with one attached hydrogen (secondary N) is 2. The lowest BCUT2D eigenvalue weighted by Crippen LogP contribution is -2.40. The van der Waals surface area contributed by atoms with Gasteiger partial charge in [0.15, 0.2) is 17.4 Å². The van der Waals surface area contributed by atoms with Crippen LogP contribution < -0.4 is 16.2 Å². The number of ether oxygens (including phenoxy) is 1. The highest BCUT2D eigenvalue weighted by Gasteiger charge is 2.31. The molecule has 3 aromatic rings. The average molecular weight is 451 g/mol. The minimum atomic E-state index is -1.35. The maximum Gasteiger partial charge on any atom is 0.421 e. The molecule has 0 amide bonds. The summed E-state index contributed by atoms with van der Waals surface area (Å²) < 4.78 is 12.7. The van der Waals surface area contributed by atoms with E-state index in [0.29, 0.717) is 37.3 Å². The Balaban J connectivity index is 1.86. The molecule has 2 aromatic carbocycles. The van der Waals surface area contributed by atoms with Gasteiger partial charge in [-0.1, -0.05) is 30.3 Å². The topological polar surface area (TPSA) is 159 Å². The standard InChI is InChI=1S/C23H25N5O5/c1-13(24)27-11-9-15(10-12-27)32-20-16(21(25)26)7-8-17-19(20)28(23(31)33-17)18(22(29)30)14-5-3-2-4-6-14/h2-8,15,18,24H,9-12H2,1H3,(H3,25,26)(H,29,30). The Morgan fingerprint density at radius 2 is 1.85 bits per heavy atom. The van der Waals surface area contributed by atoms with Crippen LogP contribution in [0.3, 0.4) is 0 Å². The minimum absolute atomic E-state index is 0.148. The number of carboxylic acid groups (broad SMARTS) is 1. The Labute approximate surface area is 189 Å². The fourth-order valence-electron chi connectivity index (χ4n) is 4.18. The van der Waals surface area contributed by atoms with E-state index in [0.717, 1.165) is 4.57 Å². The zero-order valence-electron chi connectivity index (χ0n) is 18.1. The Hall–Kier alpha value is -4.08. The van der Waals surface area contributed by atoms with Crippen LogP contribution in [0.5, 0.6) is 5.75 Å². The van der Waals surface area contributed by atoms with E-state index in [2.05, 4.69) is 0 Å². The molecule has 5 N–H and O–H groups in total. The van der Waals surface area contributed by atoms with Gasteiger partial charge in [0, 0.05) is 25.9 Å². The van der Waals surface area contributed by atoms with Gasteiger partial charge in [-0.25, -0.2) is 9.59 Å². The third-order valence-electron chi connectivity index (χ3n) is 5.83. The first-order chi connectivity index (χ1) is 15.8. The molecule has 1 fully saturated rings. The molecule has 10 nitrogen and oxygen atoms in total. The molecule has 1 aliphatic rings. The van der Waals surface area contributed by atoms with Gasteiger partial charge < -0.3 is 24.9 Å². The van der Waals surface area contributed by atoms with Gasteiger partial charge in [0.1, 0.15) is 17.5 Å². The van der Waals surface area contributed by atoms with Gasteiger partial charge in [-0.15, -0.1) is 0 Å². The van der Waals surface area contributed by atoms with Crippen LogP contribution in [0.4, 0.5) is 0 Å². The number of nitrogen functional groups attached to an aromatic ring is 1. The van der Waals surface area contributed by atoms with Crippen molar-refractivity contribution in [3.8, 4) is 5.75 Å². The molecule has 0 aliphatic carbocycles. The van der Waals surface area contributed by atoms with Crippen molar-refractivity contribution in [2.75, 3.05) is 13.1 Å². The molecular weight excluding hydrogens is 426 g/mol. The molecule has 1 aliphatic heterocycles. The van der Waals surface area contributed by atoms with Gasteiger partial charge in [-0.05, 0) is 24.6 Å². The lowest BCUT2D eigenvalue weighted by atomic mass is 10.1. The van der Waals surface area contributed by atoms with Gasteiger partial charge >= 0.3 is 11.7 Å². The third-order valence-corrected chi connectivity index (χ3v) is 5.83. The summed E-state index contributed by atoms with van der Waals surface area (Å²) in [6.45, 7) is 2.99. The normalized spacial score (nSPS) is 15.4. The zero-order valence-corrected chi connectivity index (χ0v) is 18.1. The molecule has 0 saturated carbocycles. The predicted molar refractivity (Wildman–Crippen MR) is 122 cm³/mol. The molecule has 33 heavy (non-hydrogen) atoms. The number of hydrogen-bond donors (Lipinski definition) is 4. The second-order valence-electron chi connectivity index (χ2n) is 7.98. The van der Waals surface area contributed by atoms with Crippen LogP contribution in [0, 0.1) is 10.8 Å². The van der Waals surface area contributed by atoms with Gasteiger partial charge in [0.05, 0.1) is 11.4 Å². The van der Waals surface area contributed by atoms with Crippen LogP contribution in [-0.2, 0) is 4.79 Å². The number of carbonyl (C=O) groups is 1. The molecule has 172 valence electrons. The lowest BCUT2D eigenvalue weighted by molar-refractivity contribution is -0.139. The van der Waals surface area contributed by atoms with Gasteiger partial charge in [0.25, 0.3) is 0 Å². The van der Waals surface area contributed by atoms with Crippen LogP contribution in [0.25, 0.3) is 11.1 Å². The second kappa shape index (κ2) is 8.81. The van der Waals surface area contributed by atoms with Crippen molar-refractivity contribution in [1.29, 1.82) is 10.8 Å². The SMILES string of the molecule is CC(=N)N1CCC(Oc2c(C(=N)N)ccc3oc(=O)n(C(C(=O)O)c4ccccc4)c23)CC1. The molecule has 0 radical (unpaired) electrons. The Morgan fingerprint density at radius 3 is 2.42 bits per heavy atom. The van der Waals surface area contributed by atoms with E-state index in [-0.39, 0.29) is 34.4 Å². The number of benzene rings is 2. The molecule has 1 atom stereocenters. The summed E-state index contributed by atoms with van der Waals surface area (Å²) in [7, 11) is 0. The number of amidine groups is 2. The quantitative estimate of drug-likeness (QED) is 0.331. The molecule has 1 aromatic heterocycles. The van der Waals surface area contributed by atoms with Crippen LogP contribution in [0.2, 0.25) is 0 Å². The van der Waals surface area contributed by atoms with Crippen molar-refractivity contribution < 1.29 is 19.1 Å². The molecule has 0 spiro atoms. The first-order valence-corrected chi connectivity index (χ1v) is 10.5. The second-order valence-corrected chi connectivity index (χ2v) is 7.98. The van der Waals surface area contributed by atoms with Gasteiger partial charge in [0.2, 0.25) is 0 Å². The summed E-state index contributed by atoms with van der Waals surface area (Å²) in [6.07, 6.45) is 0.975. The van der Waals surface area contributed by atoms with Crippen molar-refractivity contribution in [3.05, 3.63) is 64.1 Å². The zero-order chi connectivity index (χ0) is 23.7. The third kappa shape index (κ3) is 4.19. The number of hydrogen-bond acceptors (Lipinski definition) is 6. The predicted octanol–water partition coefficient (Wildman–Crippen LogP) is 2.39. The van der Waals surface area contributed by atoms with E-state index < -0.39 is 17.8 Å². The van der Waals surface area contributed by atoms with Crippen LogP contribution in [-0.4, -0.2) is 51.4 Å². The molecule has 1 unspecified atom stereocenters. The summed E-state index contributed by atoms with van der Waals surface area (Å²) >= 11 is 0. The number of carboxylic acids is 1. The van der Waals surface area contributed by atoms with E-state index in [1.807, 2.05) is 4.90 Å². The Kier molecular flexibility index (Phi) is 5.91. The number of likely N-dealkylation sites (tertiary alicyclic amines) is 1. The highest BCUT2D eigenvalue weighted by Crippen LogP contribution is 2.34. The van der Waals surface area contributed by atoms with E-state index in [1.54, 1.807) is 37.3 Å². The molecule has 10 heteroatoms. The Bertz CT molecular complexity index is 1270. The minimum Gasteiger partial charge on any atom is -0.487 e. The summed E-state index contributed by atoms with van der Waals surface area (Å²) in [5.41, 5.74) is 6.75. The van der Waals surface area contributed by atoms with Crippen molar-refractivity contribution >= 4 is 28.7 Å². The Morgan fingerprint density at radius 1 is 1.18 bits per heavy atom. The summed E-state index contributed by atoms with van der Waals surface area (Å²) in [4.78, 5) is 27.1. The van der Waals surface area contributed by atoms with E-state index >= 15 is 0 Å². The number of aromatic nitrogens is 1. The monoisotopic (exact) mass is 451 g/mol. The number of rotatable bonds is 6. The first-order valence-electron chi connectivity index (χ1n) is 10.5. The summed E-state index contributed by atoms with van der Waals surface area (Å²) in [5, 5.41) is 25.8. The molecular formula is C23H25N5O5. The number of fused-ring (bicyclic) bond motifs is 1. The molecule has 1 saturated heterocycles. The van der Waals surface area contributed by atoms with E-state index in [1.165, 1.54) is 12.1 Å². The van der Waals surface area contributed by atoms with Gasteiger partial charge in [-0.3, -0.25) is 15.4 Å². The van der Waals surface area contributed by atoms with Crippen molar-refractivity contribution in [2.45, 2.75) is 31.9 Å².